The van der Waals surface area contributed by atoms with Crippen LogP contribution in [-0.4, -0.2) is 23.5 Å². The molecule has 1 rings (SSSR count). The van der Waals surface area contributed by atoms with Crippen molar-refractivity contribution in [1.29, 1.82) is 0 Å². The Morgan fingerprint density at radius 3 is 2.56 bits per heavy atom. The number of carbonyl (C=O) groups is 2. The number of urea groups is 1. The summed E-state index contributed by atoms with van der Waals surface area (Å²) in [5, 5.41) is 3.29. The van der Waals surface area contributed by atoms with E-state index in [1.807, 2.05) is 20.8 Å². The lowest BCUT2D eigenvalue weighted by molar-refractivity contribution is 0.0824. The summed E-state index contributed by atoms with van der Waals surface area (Å²) >= 11 is 7.22. The third kappa shape index (κ3) is 3.61. The van der Waals surface area contributed by atoms with E-state index in [9.17, 15) is 9.59 Å². The van der Waals surface area contributed by atoms with E-state index in [1.54, 1.807) is 5.38 Å². The van der Waals surface area contributed by atoms with Gasteiger partial charge in [0.05, 0.1) is 5.02 Å². The van der Waals surface area contributed by atoms with Gasteiger partial charge >= 0.3 is 6.03 Å². The molecule has 0 fully saturated rings. The predicted octanol–water partition coefficient (Wildman–Crippen LogP) is 2.39. The molecular weight excluding hydrogens is 274 g/mol. The Bertz CT molecular complexity index is 459. The monoisotopic (exact) mass is 289 g/mol. The largest absolute Gasteiger partial charge is 0.350 e. The molecule has 0 aromatic carbocycles. The average molecular weight is 290 g/mol. The van der Waals surface area contributed by atoms with Crippen molar-refractivity contribution in [3.63, 3.8) is 0 Å². The number of hydrogen-bond acceptors (Lipinski definition) is 3. The molecule has 5 nitrogen and oxygen atoms in total. The van der Waals surface area contributed by atoms with Gasteiger partial charge in [0.15, 0.2) is 0 Å². The highest BCUT2D eigenvalue weighted by Crippen LogP contribution is 2.26. The van der Waals surface area contributed by atoms with Crippen LogP contribution in [0.4, 0.5) is 4.79 Å². The normalized spacial score (nSPS) is 10.5. The molecule has 18 heavy (non-hydrogen) atoms. The first kappa shape index (κ1) is 14.8. The predicted molar refractivity (Wildman–Crippen MR) is 72.7 cm³/mol. The van der Waals surface area contributed by atoms with E-state index in [-0.39, 0.29) is 5.92 Å². The number of aryl methyl sites for hydroxylation is 1. The molecule has 0 atom stereocenters. The fourth-order valence-corrected chi connectivity index (χ4v) is 2.48. The number of hydrogen-bond donors (Lipinski definition) is 2. The molecule has 0 spiro atoms. The SMILES string of the molecule is Cc1csc(C(=O)NN(CC(C)C)C(N)=O)c1Cl. The van der Waals surface area contributed by atoms with E-state index in [0.29, 0.717) is 16.4 Å². The third-order valence-electron chi connectivity index (χ3n) is 2.16. The molecule has 3 N–H and O–H groups in total. The summed E-state index contributed by atoms with van der Waals surface area (Å²) in [5.41, 5.74) is 8.50. The number of rotatable bonds is 3. The highest BCUT2D eigenvalue weighted by molar-refractivity contribution is 7.13. The van der Waals surface area contributed by atoms with Crippen LogP contribution in [0, 0.1) is 12.8 Å². The van der Waals surface area contributed by atoms with Crippen LogP contribution in [0.1, 0.15) is 29.1 Å². The van der Waals surface area contributed by atoms with Crippen molar-refractivity contribution in [1.82, 2.24) is 10.4 Å². The van der Waals surface area contributed by atoms with E-state index in [1.165, 1.54) is 11.3 Å². The molecule has 0 saturated heterocycles. The second-order valence-electron chi connectivity index (χ2n) is 4.35. The van der Waals surface area contributed by atoms with Crippen molar-refractivity contribution in [2.45, 2.75) is 20.8 Å². The average Bonchev–Trinajstić information content (AvgIpc) is 2.58. The zero-order chi connectivity index (χ0) is 13.9. The number of thiophene rings is 1. The summed E-state index contributed by atoms with van der Waals surface area (Å²) in [6.07, 6.45) is 0. The van der Waals surface area contributed by atoms with Gasteiger partial charge in [-0.25, -0.2) is 9.80 Å². The number of amides is 3. The second kappa shape index (κ2) is 6.06. The van der Waals surface area contributed by atoms with Crippen LogP contribution in [0.15, 0.2) is 5.38 Å². The first-order chi connectivity index (χ1) is 8.32. The molecule has 1 heterocycles. The molecule has 100 valence electrons. The van der Waals surface area contributed by atoms with Gasteiger partial charge in [-0.2, -0.15) is 0 Å². The van der Waals surface area contributed by atoms with E-state index >= 15 is 0 Å². The number of hydrazine groups is 1. The number of halogens is 1. The molecule has 0 aliphatic heterocycles. The maximum Gasteiger partial charge on any atom is 0.333 e. The van der Waals surface area contributed by atoms with Gasteiger partial charge in [0.2, 0.25) is 0 Å². The van der Waals surface area contributed by atoms with Crippen molar-refractivity contribution in [3.8, 4) is 0 Å². The maximum absolute atomic E-state index is 11.9. The molecule has 3 amide bonds. The van der Waals surface area contributed by atoms with E-state index in [2.05, 4.69) is 5.43 Å². The lowest BCUT2D eigenvalue weighted by Crippen LogP contribution is -2.50. The molecule has 0 radical (unpaired) electrons. The zero-order valence-electron chi connectivity index (χ0n) is 10.5. The summed E-state index contributed by atoms with van der Waals surface area (Å²) in [6.45, 7) is 6.01. The summed E-state index contributed by atoms with van der Waals surface area (Å²) in [4.78, 5) is 23.5. The highest BCUT2D eigenvalue weighted by Gasteiger charge is 2.19. The van der Waals surface area contributed by atoms with E-state index < -0.39 is 11.9 Å². The van der Waals surface area contributed by atoms with Crippen molar-refractivity contribution < 1.29 is 9.59 Å². The van der Waals surface area contributed by atoms with Gasteiger partial charge in [-0.05, 0) is 23.8 Å². The lowest BCUT2D eigenvalue weighted by atomic mass is 10.2. The topological polar surface area (TPSA) is 75.4 Å². The van der Waals surface area contributed by atoms with E-state index in [0.717, 1.165) is 10.6 Å². The minimum atomic E-state index is -0.693. The Hall–Kier alpha value is -1.27. The third-order valence-corrected chi connectivity index (χ3v) is 3.85. The Morgan fingerprint density at radius 2 is 2.17 bits per heavy atom. The number of nitrogens with zero attached hydrogens (tertiary/aromatic N) is 1. The summed E-state index contributed by atoms with van der Waals surface area (Å²) in [7, 11) is 0. The lowest BCUT2D eigenvalue weighted by Gasteiger charge is -2.22. The maximum atomic E-state index is 11.9. The van der Waals surface area contributed by atoms with Gasteiger partial charge < -0.3 is 5.73 Å². The Kier molecular flexibility index (Phi) is 4.98. The molecule has 0 aliphatic carbocycles. The summed E-state index contributed by atoms with van der Waals surface area (Å²) in [5.74, 6) is -0.226. The summed E-state index contributed by atoms with van der Waals surface area (Å²) in [6, 6.07) is -0.693. The van der Waals surface area contributed by atoms with Crippen molar-refractivity contribution in [3.05, 3.63) is 20.8 Å². The Balaban J connectivity index is 2.79. The number of carbonyl (C=O) groups excluding carboxylic acids is 2. The van der Waals surface area contributed by atoms with Gasteiger partial charge in [0.1, 0.15) is 4.88 Å². The fourth-order valence-electron chi connectivity index (χ4n) is 1.31. The van der Waals surface area contributed by atoms with E-state index in [4.69, 9.17) is 17.3 Å². The number of primary amides is 1. The molecule has 0 aliphatic rings. The van der Waals surface area contributed by atoms with Crippen LogP contribution >= 0.6 is 22.9 Å². The number of nitrogens with one attached hydrogen (secondary N) is 1. The minimum Gasteiger partial charge on any atom is -0.350 e. The zero-order valence-corrected chi connectivity index (χ0v) is 12.1. The van der Waals surface area contributed by atoms with Gasteiger partial charge in [-0.1, -0.05) is 25.4 Å². The Morgan fingerprint density at radius 1 is 1.56 bits per heavy atom. The molecule has 1 aromatic rings. The Labute approximate surface area is 115 Å². The van der Waals surface area contributed by atoms with Gasteiger partial charge in [-0.3, -0.25) is 10.2 Å². The summed E-state index contributed by atoms with van der Waals surface area (Å²) < 4.78 is 0. The van der Waals surface area contributed by atoms with Crippen LogP contribution in [-0.2, 0) is 0 Å². The first-order valence-electron chi connectivity index (χ1n) is 5.44. The highest BCUT2D eigenvalue weighted by atomic mass is 35.5. The molecule has 0 unspecified atom stereocenters. The standard InChI is InChI=1S/C11H16ClN3O2S/c1-6(2)4-15(11(13)17)14-10(16)9-8(12)7(3)5-18-9/h5-6H,4H2,1-3H3,(H2,13,17)(H,14,16). The van der Waals surface area contributed by atoms with Crippen molar-refractivity contribution >= 4 is 34.9 Å². The number of nitrogens with two attached hydrogens (primary N) is 1. The smallest absolute Gasteiger partial charge is 0.333 e. The molecule has 0 saturated carbocycles. The van der Waals surface area contributed by atoms with Gasteiger partial charge in [0.25, 0.3) is 5.91 Å². The minimum absolute atomic E-state index is 0.193. The quantitative estimate of drug-likeness (QED) is 0.838. The fraction of sp³-hybridized carbons (Fsp3) is 0.455. The van der Waals surface area contributed by atoms with Crippen LogP contribution in [0.5, 0.6) is 0 Å². The van der Waals surface area contributed by atoms with Crippen LogP contribution < -0.4 is 11.2 Å². The molecule has 7 heteroatoms. The van der Waals surface area contributed by atoms with Gasteiger partial charge in [-0.15, -0.1) is 11.3 Å². The van der Waals surface area contributed by atoms with Crippen LogP contribution in [0.3, 0.4) is 0 Å². The first-order valence-corrected chi connectivity index (χ1v) is 6.70. The second-order valence-corrected chi connectivity index (χ2v) is 5.60. The molecule has 0 bridgehead atoms. The van der Waals surface area contributed by atoms with Crippen molar-refractivity contribution in [2.75, 3.05) is 6.54 Å². The van der Waals surface area contributed by atoms with Gasteiger partial charge in [0, 0.05) is 6.54 Å². The van der Waals surface area contributed by atoms with Crippen LogP contribution in [0.25, 0.3) is 0 Å². The van der Waals surface area contributed by atoms with Crippen LogP contribution in [0.2, 0.25) is 5.02 Å². The molecular formula is C11H16ClN3O2S. The molecule has 1 aromatic heterocycles. The van der Waals surface area contributed by atoms with Crippen molar-refractivity contribution in [2.24, 2.45) is 11.7 Å².